The molecule has 174 valence electrons. The van der Waals surface area contributed by atoms with Crippen molar-refractivity contribution in [2.75, 3.05) is 0 Å². The Kier molecular flexibility index (Phi) is 6.88. The smallest absolute Gasteiger partial charge is 0.250 e. The van der Waals surface area contributed by atoms with Crippen molar-refractivity contribution >= 4 is 5.91 Å². The molecule has 0 saturated heterocycles. The maximum absolute atomic E-state index is 14.2. The van der Waals surface area contributed by atoms with Gasteiger partial charge in [0.25, 0.3) is 5.91 Å². The molecular formula is C30H38N2O. The monoisotopic (exact) mass is 442 g/mol. The van der Waals surface area contributed by atoms with E-state index in [1.807, 2.05) is 12.1 Å². The van der Waals surface area contributed by atoms with Crippen LogP contribution in [-0.4, -0.2) is 15.7 Å². The third kappa shape index (κ3) is 4.43. The van der Waals surface area contributed by atoms with E-state index in [1.54, 1.807) is 4.68 Å². The molecule has 0 N–H and O–H groups in total. The minimum absolute atomic E-state index is 0.0977. The van der Waals surface area contributed by atoms with E-state index in [-0.39, 0.29) is 17.7 Å². The number of aromatic nitrogens is 2. The van der Waals surface area contributed by atoms with E-state index in [0.717, 1.165) is 29.8 Å². The van der Waals surface area contributed by atoms with Crippen molar-refractivity contribution in [1.82, 2.24) is 9.78 Å². The van der Waals surface area contributed by atoms with E-state index in [4.69, 9.17) is 5.10 Å². The molecule has 1 aliphatic carbocycles. The van der Waals surface area contributed by atoms with Gasteiger partial charge in [-0.05, 0) is 42.1 Å². The fraction of sp³-hybridized carbons (Fsp3) is 0.467. The van der Waals surface area contributed by atoms with Gasteiger partial charge in [0, 0.05) is 23.0 Å². The highest BCUT2D eigenvalue weighted by atomic mass is 16.2. The largest absolute Gasteiger partial charge is 0.272 e. The van der Waals surface area contributed by atoms with Gasteiger partial charge in [0.2, 0.25) is 0 Å². The fourth-order valence-corrected chi connectivity index (χ4v) is 5.87. The van der Waals surface area contributed by atoms with Crippen molar-refractivity contribution in [3.05, 3.63) is 77.5 Å². The number of rotatable bonds is 6. The quantitative estimate of drug-likeness (QED) is 0.389. The predicted octanol–water partition coefficient (Wildman–Crippen LogP) is 7.90. The number of benzene rings is 2. The van der Waals surface area contributed by atoms with Gasteiger partial charge in [0.1, 0.15) is 0 Å². The zero-order valence-electron chi connectivity index (χ0n) is 21.0. The molecule has 0 radical (unpaired) electrons. The Balaban J connectivity index is 1.86. The number of hydrogen-bond acceptors (Lipinski definition) is 2. The molecule has 1 aromatic heterocycles. The maximum Gasteiger partial charge on any atom is 0.250 e. The van der Waals surface area contributed by atoms with Crippen LogP contribution < -0.4 is 0 Å². The van der Waals surface area contributed by atoms with Crippen LogP contribution in [0.1, 0.15) is 93.8 Å². The van der Waals surface area contributed by atoms with Crippen molar-refractivity contribution < 1.29 is 4.79 Å². The van der Waals surface area contributed by atoms with E-state index < -0.39 is 0 Å². The Morgan fingerprint density at radius 1 is 0.909 bits per heavy atom. The molecule has 1 aliphatic rings. The normalized spacial score (nSPS) is 20.0. The van der Waals surface area contributed by atoms with Gasteiger partial charge in [-0.3, -0.25) is 4.79 Å². The molecule has 2 aromatic carbocycles. The van der Waals surface area contributed by atoms with Crippen LogP contribution in [0.5, 0.6) is 0 Å². The highest BCUT2D eigenvalue weighted by Crippen LogP contribution is 2.46. The van der Waals surface area contributed by atoms with Gasteiger partial charge in [-0.2, -0.15) is 9.78 Å². The van der Waals surface area contributed by atoms with Crippen molar-refractivity contribution in [3.63, 3.8) is 0 Å². The molecule has 3 nitrogen and oxygen atoms in total. The first-order valence-electron chi connectivity index (χ1n) is 12.6. The summed E-state index contributed by atoms with van der Waals surface area (Å²) in [6.07, 6.45) is 2.28. The van der Waals surface area contributed by atoms with Crippen LogP contribution in [0, 0.1) is 17.8 Å². The molecule has 3 aromatic rings. The van der Waals surface area contributed by atoms with E-state index in [0.29, 0.717) is 23.7 Å². The number of hydrogen-bond donors (Lipinski definition) is 0. The first-order chi connectivity index (χ1) is 15.8. The van der Waals surface area contributed by atoms with Gasteiger partial charge in [0.05, 0.1) is 11.4 Å². The van der Waals surface area contributed by atoms with Gasteiger partial charge in [-0.15, -0.1) is 0 Å². The molecule has 3 heteroatoms. The van der Waals surface area contributed by atoms with Crippen LogP contribution in [0.2, 0.25) is 0 Å². The summed E-state index contributed by atoms with van der Waals surface area (Å²) >= 11 is 0. The molecular weight excluding hydrogens is 404 g/mol. The maximum atomic E-state index is 14.2. The first-order valence-corrected chi connectivity index (χ1v) is 12.6. The molecule has 0 saturated carbocycles. The predicted molar refractivity (Wildman–Crippen MR) is 137 cm³/mol. The molecule has 4 rings (SSSR count). The van der Waals surface area contributed by atoms with Crippen LogP contribution in [0.25, 0.3) is 11.3 Å². The van der Waals surface area contributed by atoms with E-state index in [2.05, 4.69) is 90.1 Å². The molecule has 0 fully saturated rings. The minimum atomic E-state index is -0.177. The van der Waals surface area contributed by atoms with Crippen LogP contribution in [0.3, 0.4) is 0 Å². The van der Waals surface area contributed by atoms with E-state index >= 15 is 0 Å². The van der Waals surface area contributed by atoms with Gasteiger partial charge in [0.15, 0.2) is 0 Å². The molecule has 0 spiro atoms. The lowest BCUT2D eigenvalue weighted by molar-refractivity contribution is 0.0794. The first kappa shape index (κ1) is 23.5. The molecule has 0 unspecified atom stereocenters. The van der Waals surface area contributed by atoms with Gasteiger partial charge >= 0.3 is 0 Å². The van der Waals surface area contributed by atoms with Crippen LogP contribution in [0.4, 0.5) is 0 Å². The summed E-state index contributed by atoms with van der Waals surface area (Å²) in [6.45, 7) is 13.4. The Labute approximate surface area is 199 Å². The summed E-state index contributed by atoms with van der Waals surface area (Å²) in [7, 11) is 0. The number of carbonyl (C=O) groups excluding carboxylic acids is 1. The number of nitrogens with zero attached hydrogens (tertiary/aromatic N) is 2. The van der Waals surface area contributed by atoms with Crippen molar-refractivity contribution in [1.29, 1.82) is 0 Å². The van der Waals surface area contributed by atoms with E-state index in [1.165, 1.54) is 11.1 Å². The standard InChI is InChI=1S/C30H38N2O/c1-19(2)25-18-17-21(5)27-28(25)31-32(29(27)24-15-11-8-12-16-24)30(33)22(6)26(20(3)4)23-13-9-7-10-14-23/h7-16,19-22,25-26H,17-18H2,1-6H3/t21-,22+,25+,26+/m1/s1. The lowest BCUT2D eigenvalue weighted by atomic mass is 9.75. The Bertz CT molecular complexity index is 1080. The molecule has 0 aliphatic heterocycles. The summed E-state index contributed by atoms with van der Waals surface area (Å²) < 4.78 is 1.78. The average molecular weight is 443 g/mol. The van der Waals surface area contributed by atoms with Crippen molar-refractivity contribution in [2.45, 2.75) is 72.1 Å². The lowest BCUT2D eigenvalue weighted by Gasteiger charge is -2.29. The number of carbonyl (C=O) groups is 1. The summed E-state index contributed by atoms with van der Waals surface area (Å²) in [6, 6.07) is 20.9. The second-order valence-electron chi connectivity index (χ2n) is 10.6. The average Bonchev–Trinajstić information content (AvgIpc) is 3.21. The fourth-order valence-electron chi connectivity index (χ4n) is 5.87. The van der Waals surface area contributed by atoms with Crippen LogP contribution in [-0.2, 0) is 0 Å². The van der Waals surface area contributed by atoms with Crippen molar-refractivity contribution in [3.8, 4) is 11.3 Å². The summed E-state index contributed by atoms with van der Waals surface area (Å²) in [5.41, 5.74) is 5.75. The minimum Gasteiger partial charge on any atom is -0.272 e. The Hall–Kier alpha value is -2.68. The molecule has 33 heavy (non-hydrogen) atoms. The summed E-state index contributed by atoms with van der Waals surface area (Å²) in [4.78, 5) is 14.2. The highest BCUT2D eigenvalue weighted by molar-refractivity contribution is 5.87. The molecule has 4 atom stereocenters. The summed E-state index contributed by atoms with van der Waals surface area (Å²) in [5.74, 6) is 1.71. The highest BCUT2D eigenvalue weighted by Gasteiger charge is 2.37. The zero-order chi connectivity index (χ0) is 23.7. The van der Waals surface area contributed by atoms with Crippen molar-refractivity contribution in [2.24, 2.45) is 17.8 Å². The van der Waals surface area contributed by atoms with Crippen LogP contribution >= 0.6 is 0 Å². The van der Waals surface area contributed by atoms with Crippen LogP contribution in [0.15, 0.2) is 60.7 Å². The Morgan fingerprint density at radius 2 is 1.52 bits per heavy atom. The second kappa shape index (κ2) is 9.67. The summed E-state index contributed by atoms with van der Waals surface area (Å²) in [5, 5.41) is 5.10. The van der Waals surface area contributed by atoms with Gasteiger partial charge in [-0.1, -0.05) is 102 Å². The molecule has 0 amide bonds. The number of fused-ring (bicyclic) bond motifs is 1. The van der Waals surface area contributed by atoms with E-state index in [9.17, 15) is 4.79 Å². The molecule has 0 bridgehead atoms. The Morgan fingerprint density at radius 3 is 2.09 bits per heavy atom. The molecule has 1 heterocycles. The van der Waals surface area contributed by atoms with Gasteiger partial charge < -0.3 is 0 Å². The second-order valence-corrected chi connectivity index (χ2v) is 10.6. The topological polar surface area (TPSA) is 34.9 Å². The SMILES string of the molecule is CC(C)[C@@H]1CC[C@@H](C)c2c1nn(C(=O)[C@@H](C)[C@@H](c1ccccc1)C(C)C)c2-c1ccccc1. The third-order valence-corrected chi connectivity index (χ3v) is 7.60. The van der Waals surface area contributed by atoms with Gasteiger partial charge in [-0.25, -0.2) is 0 Å². The lowest BCUT2D eigenvalue weighted by Crippen LogP contribution is -2.29. The zero-order valence-corrected chi connectivity index (χ0v) is 21.0. The third-order valence-electron chi connectivity index (χ3n) is 7.60.